The summed E-state index contributed by atoms with van der Waals surface area (Å²) in [7, 11) is -0.765. The highest BCUT2D eigenvalue weighted by Gasteiger charge is 2.07. The van der Waals surface area contributed by atoms with Crippen molar-refractivity contribution < 1.29 is 8.95 Å². The van der Waals surface area contributed by atoms with Gasteiger partial charge in [-0.3, -0.25) is 4.21 Å². The maximum Gasteiger partial charge on any atom is 0.148 e. The van der Waals surface area contributed by atoms with E-state index in [1.165, 1.54) is 0 Å². The third kappa shape index (κ3) is 6.08. The van der Waals surface area contributed by atoms with Gasteiger partial charge in [-0.05, 0) is 31.2 Å². The first-order chi connectivity index (χ1) is 9.54. The van der Waals surface area contributed by atoms with Crippen LogP contribution in [-0.2, 0) is 17.3 Å². The molecule has 110 valence electrons. The van der Waals surface area contributed by atoms with E-state index >= 15 is 0 Å². The average molecular weight is 358 g/mol. The van der Waals surface area contributed by atoms with Gasteiger partial charge in [0.2, 0.25) is 0 Å². The van der Waals surface area contributed by atoms with Crippen LogP contribution in [0.25, 0.3) is 0 Å². The largest absolute Gasteiger partial charge is 0.481 e. The van der Waals surface area contributed by atoms with Gasteiger partial charge in [0, 0.05) is 38.9 Å². The molecular formula is C15H20BrNO2S. The van der Waals surface area contributed by atoms with Gasteiger partial charge in [0.15, 0.2) is 0 Å². The minimum absolute atomic E-state index is 0.210. The number of nitrogens with one attached hydrogen (secondary N) is 1. The fraction of sp³-hybridized carbons (Fsp3) is 0.467. The minimum atomic E-state index is -0.765. The van der Waals surface area contributed by atoms with Crippen molar-refractivity contribution in [1.29, 1.82) is 0 Å². The van der Waals surface area contributed by atoms with Gasteiger partial charge < -0.3 is 10.1 Å². The van der Waals surface area contributed by atoms with Crippen molar-refractivity contribution in [2.24, 2.45) is 0 Å². The lowest BCUT2D eigenvalue weighted by atomic mass is 10.2. The fourth-order valence-corrected chi connectivity index (χ4v) is 2.50. The van der Waals surface area contributed by atoms with Crippen molar-refractivity contribution in [2.75, 3.05) is 19.4 Å². The molecule has 0 aromatic heterocycles. The summed E-state index contributed by atoms with van der Waals surface area (Å²) in [5.74, 6) is 3.26. The van der Waals surface area contributed by atoms with Crippen LogP contribution in [0.15, 0.2) is 22.7 Å². The molecule has 0 saturated heterocycles. The zero-order valence-electron chi connectivity index (χ0n) is 11.8. The van der Waals surface area contributed by atoms with Crippen LogP contribution in [-0.4, -0.2) is 28.9 Å². The zero-order valence-corrected chi connectivity index (χ0v) is 14.2. The second-order valence-electron chi connectivity index (χ2n) is 4.52. The Morgan fingerprint density at radius 1 is 1.55 bits per heavy atom. The van der Waals surface area contributed by atoms with Crippen LogP contribution in [0.1, 0.15) is 18.9 Å². The van der Waals surface area contributed by atoms with Gasteiger partial charge in [-0.2, -0.15) is 0 Å². The summed E-state index contributed by atoms with van der Waals surface area (Å²) in [6.45, 7) is 3.78. The molecule has 0 radical (unpaired) electrons. The molecule has 0 fully saturated rings. The summed E-state index contributed by atoms with van der Waals surface area (Å²) >= 11 is 3.45. The van der Waals surface area contributed by atoms with E-state index < -0.39 is 10.8 Å². The highest BCUT2D eigenvalue weighted by molar-refractivity contribution is 9.10. The molecule has 2 atom stereocenters. The van der Waals surface area contributed by atoms with E-state index in [1.807, 2.05) is 25.1 Å². The lowest BCUT2D eigenvalue weighted by molar-refractivity contribution is 0.364. The van der Waals surface area contributed by atoms with Gasteiger partial charge in [0.1, 0.15) is 12.4 Å². The van der Waals surface area contributed by atoms with E-state index in [4.69, 9.17) is 11.2 Å². The first-order valence-electron chi connectivity index (χ1n) is 6.42. The lowest BCUT2D eigenvalue weighted by Gasteiger charge is -2.12. The van der Waals surface area contributed by atoms with Gasteiger partial charge in [0.25, 0.3) is 0 Å². The van der Waals surface area contributed by atoms with Crippen LogP contribution >= 0.6 is 15.9 Å². The van der Waals surface area contributed by atoms with E-state index in [2.05, 4.69) is 27.2 Å². The molecule has 1 aromatic rings. The van der Waals surface area contributed by atoms with Gasteiger partial charge >= 0.3 is 0 Å². The van der Waals surface area contributed by atoms with Crippen LogP contribution < -0.4 is 10.1 Å². The fourth-order valence-electron chi connectivity index (χ4n) is 1.64. The van der Waals surface area contributed by atoms with E-state index in [0.29, 0.717) is 6.54 Å². The van der Waals surface area contributed by atoms with E-state index in [0.717, 1.165) is 28.8 Å². The number of benzene rings is 1. The van der Waals surface area contributed by atoms with Crippen molar-refractivity contribution in [3.8, 4) is 18.1 Å². The van der Waals surface area contributed by atoms with Crippen LogP contribution in [0.2, 0.25) is 0 Å². The average Bonchev–Trinajstić information content (AvgIpc) is 2.42. The second kappa shape index (κ2) is 9.17. The molecule has 0 saturated carbocycles. The molecule has 20 heavy (non-hydrogen) atoms. The number of halogens is 1. The Morgan fingerprint density at radius 2 is 2.30 bits per heavy atom. The standard InChI is InChI=1S/C15H20BrNO2S/c1-4-9-19-15-6-5-14(16)10-13(15)11-17-8-7-12(2)20(3)18/h1,5-6,10,12,17H,7-9,11H2,2-3H3. The summed E-state index contributed by atoms with van der Waals surface area (Å²) in [6.07, 6.45) is 7.84. The first kappa shape index (κ1) is 17.2. The number of hydrogen-bond acceptors (Lipinski definition) is 3. The van der Waals surface area contributed by atoms with Crippen LogP contribution in [0.4, 0.5) is 0 Å². The monoisotopic (exact) mass is 357 g/mol. The van der Waals surface area contributed by atoms with Crippen LogP contribution in [0, 0.1) is 12.3 Å². The molecule has 0 bridgehead atoms. The molecule has 5 heteroatoms. The van der Waals surface area contributed by atoms with Crippen LogP contribution in [0.5, 0.6) is 5.75 Å². The molecule has 0 aliphatic rings. The molecule has 0 spiro atoms. The predicted octanol–water partition coefficient (Wildman–Crippen LogP) is 2.71. The Balaban J connectivity index is 2.51. The molecule has 0 amide bonds. The molecule has 1 aromatic carbocycles. The number of rotatable bonds is 8. The number of hydrogen-bond donors (Lipinski definition) is 1. The van der Waals surface area contributed by atoms with E-state index in [1.54, 1.807) is 6.26 Å². The Labute approximate surface area is 132 Å². The normalized spacial score (nSPS) is 13.5. The SMILES string of the molecule is C#CCOc1ccc(Br)cc1CNCCC(C)S(C)=O. The van der Waals surface area contributed by atoms with E-state index in [-0.39, 0.29) is 11.9 Å². The molecule has 3 nitrogen and oxygen atoms in total. The maximum atomic E-state index is 11.3. The Hall–Kier alpha value is -0.830. The summed E-state index contributed by atoms with van der Waals surface area (Å²) in [5.41, 5.74) is 1.06. The number of terminal acetylenes is 1. The van der Waals surface area contributed by atoms with Crippen molar-refractivity contribution in [3.63, 3.8) is 0 Å². The Morgan fingerprint density at radius 3 is 2.95 bits per heavy atom. The van der Waals surface area contributed by atoms with Gasteiger partial charge in [-0.25, -0.2) is 0 Å². The molecule has 0 heterocycles. The number of ether oxygens (including phenoxy) is 1. The molecule has 1 rings (SSSR count). The summed E-state index contributed by atoms with van der Waals surface area (Å²) in [4.78, 5) is 0. The highest BCUT2D eigenvalue weighted by atomic mass is 79.9. The third-order valence-corrected chi connectivity index (χ3v) is 4.81. The molecule has 1 N–H and O–H groups in total. The first-order valence-corrected chi connectivity index (χ1v) is 8.83. The topological polar surface area (TPSA) is 38.3 Å². The minimum Gasteiger partial charge on any atom is -0.481 e. The molecule has 0 aliphatic heterocycles. The van der Waals surface area contributed by atoms with Crippen molar-refractivity contribution in [1.82, 2.24) is 5.32 Å². The van der Waals surface area contributed by atoms with Crippen molar-refractivity contribution in [2.45, 2.75) is 25.1 Å². The quantitative estimate of drug-likeness (QED) is 0.574. The summed E-state index contributed by atoms with van der Waals surface area (Å²) in [5, 5.41) is 3.55. The van der Waals surface area contributed by atoms with Crippen molar-refractivity contribution in [3.05, 3.63) is 28.2 Å². The van der Waals surface area contributed by atoms with Gasteiger partial charge in [0.05, 0.1) is 0 Å². The van der Waals surface area contributed by atoms with Gasteiger partial charge in [-0.15, -0.1) is 6.42 Å². The lowest BCUT2D eigenvalue weighted by Crippen LogP contribution is -2.21. The maximum absolute atomic E-state index is 11.3. The van der Waals surface area contributed by atoms with Crippen LogP contribution in [0.3, 0.4) is 0 Å². The molecular weight excluding hydrogens is 338 g/mol. The highest BCUT2D eigenvalue weighted by Crippen LogP contribution is 2.23. The zero-order chi connectivity index (χ0) is 15.0. The van der Waals surface area contributed by atoms with E-state index in [9.17, 15) is 4.21 Å². The van der Waals surface area contributed by atoms with Gasteiger partial charge in [-0.1, -0.05) is 28.8 Å². The Kier molecular flexibility index (Phi) is 7.90. The summed E-state index contributed by atoms with van der Waals surface area (Å²) in [6, 6.07) is 5.85. The smallest absolute Gasteiger partial charge is 0.148 e. The van der Waals surface area contributed by atoms with Crippen molar-refractivity contribution >= 4 is 26.7 Å². The summed E-state index contributed by atoms with van der Waals surface area (Å²) < 4.78 is 17.8. The molecule has 0 aliphatic carbocycles. The third-order valence-electron chi connectivity index (χ3n) is 2.94. The predicted molar refractivity (Wildman–Crippen MR) is 88.3 cm³/mol. The Bertz CT molecular complexity index is 499. The second-order valence-corrected chi connectivity index (χ2v) is 7.24. The molecule has 2 unspecified atom stereocenters.